The van der Waals surface area contributed by atoms with Crippen molar-refractivity contribution < 1.29 is 0 Å². The second kappa shape index (κ2) is 9.00. The molecule has 0 nitrogen and oxygen atoms in total. The first-order chi connectivity index (χ1) is 7.60. The van der Waals surface area contributed by atoms with Gasteiger partial charge in [0.1, 0.15) is 0 Å². The molecule has 0 radical (unpaired) electrons. The highest BCUT2D eigenvalue weighted by molar-refractivity contribution is 5.27. The van der Waals surface area contributed by atoms with Gasteiger partial charge < -0.3 is 0 Å². The van der Waals surface area contributed by atoms with Crippen molar-refractivity contribution in [2.45, 2.75) is 40.0 Å². The molecule has 0 saturated carbocycles. The van der Waals surface area contributed by atoms with Gasteiger partial charge in [-0.05, 0) is 31.8 Å². The Bertz CT molecular complexity index is 309. The van der Waals surface area contributed by atoms with Crippen LogP contribution in [0.15, 0.2) is 54.3 Å². The summed E-state index contributed by atoms with van der Waals surface area (Å²) in [5.74, 6) is 0.797. The molecule has 88 valence electrons. The Hall–Kier alpha value is -1.26. The zero-order chi connectivity index (χ0) is 12.4. The summed E-state index contributed by atoms with van der Waals surface area (Å²) in [5.41, 5.74) is 5.13. The van der Waals surface area contributed by atoms with Gasteiger partial charge in [0, 0.05) is 0 Å². The van der Waals surface area contributed by atoms with Crippen molar-refractivity contribution in [3.8, 4) is 0 Å². The van der Waals surface area contributed by atoms with Crippen LogP contribution in [-0.2, 0) is 0 Å². The van der Waals surface area contributed by atoms with Gasteiger partial charge in [0.2, 0.25) is 0 Å². The lowest BCUT2D eigenvalue weighted by Crippen LogP contribution is -1.91. The van der Waals surface area contributed by atoms with Gasteiger partial charge in [-0.2, -0.15) is 0 Å². The Balaban J connectivity index is 4.04. The summed E-state index contributed by atoms with van der Waals surface area (Å²) in [6, 6.07) is 0. The van der Waals surface area contributed by atoms with Crippen LogP contribution >= 0.6 is 0 Å². The fourth-order valence-electron chi connectivity index (χ4n) is 1.21. The molecule has 16 heavy (non-hydrogen) atoms. The highest BCUT2D eigenvalue weighted by atomic mass is 14.0. The van der Waals surface area contributed by atoms with Crippen molar-refractivity contribution in [3.63, 3.8) is 0 Å². The minimum Gasteiger partial charge on any atom is -0.129 e. The Labute approximate surface area is 101 Å². The molecule has 0 bridgehead atoms. The molecule has 0 N–H and O–H groups in total. The predicted molar refractivity (Wildman–Crippen MR) is 74.4 cm³/mol. The molecular formula is C16H24. The van der Waals surface area contributed by atoms with Crippen LogP contribution in [0.2, 0.25) is 0 Å². The van der Waals surface area contributed by atoms with Crippen LogP contribution in [-0.4, -0.2) is 0 Å². The van der Waals surface area contributed by atoms with Gasteiger partial charge in [-0.1, -0.05) is 62.8 Å². The standard InChI is InChI=1S/C16H24/c1-6-8-9-15(4)12-13-16(5)11-10-14(3)7-2/h8-9,12-14H,1,5,7,10-11H2,2-4H3. The van der Waals surface area contributed by atoms with Crippen LogP contribution in [0.25, 0.3) is 0 Å². The van der Waals surface area contributed by atoms with E-state index < -0.39 is 0 Å². The molecule has 0 amide bonds. The highest BCUT2D eigenvalue weighted by Crippen LogP contribution is 2.14. The summed E-state index contributed by atoms with van der Waals surface area (Å²) >= 11 is 0. The first-order valence-electron chi connectivity index (χ1n) is 5.98. The van der Waals surface area contributed by atoms with E-state index in [1.54, 1.807) is 0 Å². The third-order valence-electron chi connectivity index (χ3n) is 2.70. The van der Waals surface area contributed by atoms with E-state index >= 15 is 0 Å². The maximum absolute atomic E-state index is 4.06. The van der Waals surface area contributed by atoms with Gasteiger partial charge in [-0.15, -0.1) is 5.73 Å². The van der Waals surface area contributed by atoms with Crippen molar-refractivity contribution in [1.29, 1.82) is 0 Å². The second-order valence-electron chi connectivity index (χ2n) is 4.33. The van der Waals surface area contributed by atoms with Gasteiger partial charge >= 0.3 is 0 Å². The molecule has 0 aromatic rings. The molecule has 0 aliphatic heterocycles. The molecule has 0 saturated heterocycles. The lowest BCUT2D eigenvalue weighted by atomic mass is 9.99. The Kier molecular flexibility index (Phi) is 8.29. The summed E-state index contributed by atoms with van der Waals surface area (Å²) in [6.45, 7) is 14.2. The lowest BCUT2D eigenvalue weighted by Gasteiger charge is -2.07. The van der Waals surface area contributed by atoms with E-state index in [1.807, 2.05) is 12.2 Å². The molecule has 0 aliphatic rings. The highest BCUT2D eigenvalue weighted by Gasteiger charge is 1.98. The fraction of sp³-hybridized carbons (Fsp3) is 0.438. The Morgan fingerprint density at radius 1 is 1.38 bits per heavy atom. The third kappa shape index (κ3) is 8.08. The number of hydrogen-bond donors (Lipinski definition) is 0. The van der Waals surface area contributed by atoms with Crippen molar-refractivity contribution in [1.82, 2.24) is 0 Å². The van der Waals surface area contributed by atoms with Gasteiger partial charge in [0.25, 0.3) is 0 Å². The number of hydrogen-bond acceptors (Lipinski definition) is 0. The first kappa shape index (κ1) is 14.7. The number of rotatable bonds is 7. The lowest BCUT2D eigenvalue weighted by molar-refractivity contribution is 0.518. The van der Waals surface area contributed by atoms with Crippen LogP contribution < -0.4 is 0 Å². The van der Waals surface area contributed by atoms with Crippen LogP contribution in [0.4, 0.5) is 0 Å². The normalized spacial score (nSPS) is 13.6. The Morgan fingerprint density at radius 2 is 2.06 bits per heavy atom. The van der Waals surface area contributed by atoms with Crippen molar-refractivity contribution in [2.24, 2.45) is 5.92 Å². The van der Waals surface area contributed by atoms with E-state index in [9.17, 15) is 0 Å². The van der Waals surface area contributed by atoms with Crippen LogP contribution in [0.3, 0.4) is 0 Å². The summed E-state index contributed by atoms with van der Waals surface area (Å²) in [6.07, 6.45) is 11.6. The van der Waals surface area contributed by atoms with Crippen molar-refractivity contribution in [3.05, 3.63) is 54.3 Å². The second-order valence-corrected chi connectivity index (χ2v) is 4.33. The quantitative estimate of drug-likeness (QED) is 0.404. The van der Waals surface area contributed by atoms with Gasteiger partial charge in [0.15, 0.2) is 0 Å². The molecule has 1 unspecified atom stereocenters. The number of allylic oxidation sites excluding steroid dienone is 6. The zero-order valence-corrected chi connectivity index (χ0v) is 10.9. The minimum atomic E-state index is 0.797. The van der Waals surface area contributed by atoms with E-state index in [1.165, 1.54) is 24.0 Å². The largest absolute Gasteiger partial charge is 0.129 e. The Morgan fingerprint density at radius 3 is 2.62 bits per heavy atom. The molecule has 1 atom stereocenters. The van der Waals surface area contributed by atoms with Crippen molar-refractivity contribution >= 4 is 0 Å². The molecule has 0 spiro atoms. The van der Waals surface area contributed by atoms with E-state index in [4.69, 9.17) is 0 Å². The van der Waals surface area contributed by atoms with Crippen LogP contribution in [0.5, 0.6) is 0 Å². The smallest absolute Gasteiger partial charge is 0.0203 e. The minimum absolute atomic E-state index is 0.797. The molecule has 0 aliphatic carbocycles. The molecule has 0 heteroatoms. The monoisotopic (exact) mass is 216 g/mol. The van der Waals surface area contributed by atoms with Gasteiger partial charge in [0.05, 0.1) is 0 Å². The summed E-state index contributed by atoms with van der Waals surface area (Å²) < 4.78 is 0. The molecule has 0 aromatic carbocycles. The topological polar surface area (TPSA) is 0 Å². The zero-order valence-electron chi connectivity index (χ0n) is 10.9. The molecule has 0 fully saturated rings. The molecule has 0 heterocycles. The average molecular weight is 216 g/mol. The van der Waals surface area contributed by atoms with E-state index in [-0.39, 0.29) is 0 Å². The molecule has 0 aromatic heterocycles. The van der Waals surface area contributed by atoms with Crippen LogP contribution in [0.1, 0.15) is 40.0 Å². The molecular weight excluding hydrogens is 192 g/mol. The van der Waals surface area contributed by atoms with Crippen molar-refractivity contribution in [2.75, 3.05) is 0 Å². The van der Waals surface area contributed by atoms with Gasteiger partial charge in [-0.3, -0.25) is 0 Å². The summed E-state index contributed by atoms with van der Waals surface area (Å²) in [5, 5.41) is 0. The summed E-state index contributed by atoms with van der Waals surface area (Å²) in [4.78, 5) is 0. The van der Waals surface area contributed by atoms with Gasteiger partial charge in [-0.25, -0.2) is 0 Å². The van der Waals surface area contributed by atoms with E-state index in [0.717, 1.165) is 12.3 Å². The first-order valence-corrected chi connectivity index (χ1v) is 5.98. The maximum Gasteiger partial charge on any atom is -0.0203 e. The fourth-order valence-corrected chi connectivity index (χ4v) is 1.21. The van der Waals surface area contributed by atoms with Crippen LogP contribution in [0, 0.1) is 5.92 Å². The average Bonchev–Trinajstić information content (AvgIpc) is 2.30. The summed E-state index contributed by atoms with van der Waals surface area (Å²) in [7, 11) is 0. The SMILES string of the molecule is C=C=CC=C(C)C=CC(=C)CCC(C)CC. The van der Waals surface area contributed by atoms with E-state index in [0.29, 0.717) is 0 Å². The van der Waals surface area contributed by atoms with E-state index in [2.05, 4.69) is 51.8 Å². The maximum atomic E-state index is 4.06. The molecule has 0 rings (SSSR count). The third-order valence-corrected chi connectivity index (χ3v) is 2.70. The predicted octanol–water partition coefficient (Wildman–Crippen LogP) is 5.21.